The molecule has 18 heavy (non-hydrogen) atoms. The van der Waals surface area contributed by atoms with E-state index in [9.17, 15) is 8.42 Å². The summed E-state index contributed by atoms with van der Waals surface area (Å²) in [6.45, 7) is 2.32. The molecule has 2 rings (SSSR count). The molecular formula is C12H17ClN2O2S. The van der Waals surface area contributed by atoms with Crippen LogP contribution in [0.1, 0.15) is 18.4 Å². The summed E-state index contributed by atoms with van der Waals surface area (Å²) in [5, 5.41) is 0.416. The summed E-state index contributed by atoms with van der Waals surface area (Å²) < 4.78 is 26.1. The molecule has 1 aliphatic rings. The Hall–Kier alpha value is -0.780. The number of hydrogen-bond acceptors (Lipinski definition) is 3. The Labute approximate surface area is 113 Å². The number of nitrogens with two attached hydrogens (primary N) is 1. The van der Waals surface area contributed by atoms with Gasteiger partial charge in [-0.25, -0.2) is 12.7 Å². The van der Waals surface area contributed by atoms with Crippen LogP contribution < -0.4 is 5.73 Å². The van der Waals surface area contributed by atoms with Crippen molar-refractivity contribution in [3.05, 3.63) is 22.7 Å². The maximum atomic E-state index is 12.3. The van der Waals surface area contributed by atoms with Gasteiger partial charge in [0.15, 0.2) is 0 Å². The highest BCUT2D eigenvalue weighted by atomic mass is 35.5. The summed E-state index contributed by atoms with van der Waals surface area (Å²) in [4.78, 5) is 0.213. The molecule has 0 radical (unpaired) electrons. The SMILES string of the molecule is Cc1cc(S(=O)(=O)N(C)CC2CC2)cc(N)c1Cl. The van der Waals surface area contributed by atoms with Gasteiger partial charge in [-0.3, -0.25) is 0 Å². The third kappa shape index (κ3) is 2.63. The van der Waals surface area contributed by atoms with Gasteiger partial charge in [-0.15, -0.1) is 0 Å². The Kier molecular flexibility index (Phi) is 3.58. The molecule has 1 aliphatic carbocycles. The number of nitrogen functional groups attached to an aromatic ring is 1. The van der Waals surface area contributed by atoms with Crippen molar-refractivity contribution in [3.8, 4) is 0 Å². The second kappa shape index (κ2) is 4.72. The summed E-state index contributed by atoms with van der Waals surface area (Å²) in [6, 6.07) is 2.99. The van der Waals surface area contributed by atoms with E-state index >= 15 is 0 Å². The Morgan fingerprint density at radius 2 is 2.06 bits per heavy atom. The first-order chi connectivity index (χ1) is 8.32. The molecule has 0 unspecified atom stereocenters. The van der Waals surface area contributed by atoms with Crippen LogP contribution in [-0.4, -0.2) is 26.3 Å². The largest absolute Gasteiger partial charge is 0.397 e. The zero-order chi connectivity index (χ0) is 13.5. The Morgan fingerprint density at radius 3 is 2.56 bits per heavy atom. The van der Waals surface area contributed by atoms with Gasteiger partial charge in [0, 0.05) is 13.6 Å². The zero-order valence-corrected chi connectivity index (χ0v) is 12.1. The predicted octanol–water partition coefficient (Wildman–Crippen LogP) is 2.26. The first-order valence-electron chi connectivity index (χ1n) is 5.84. The normalized spacial score (nSPS) is 16.2. The molecule has 1 aromatic carbocycles. The van der Waals surface area contributed by atoms with E-state index in [1.54, 1.807) is 20.0 Å². The van der Waals surface area contributed by atoms with Crippen LogP contribution in [0.4, 0.5) is 5.69 Å². The van der Waals surface area contributed by atoms with Gasteiger partial charge in [0.05, 0.1) is 15.6 Å². The molecule has 6 heteroatoms. The molecule has 0 saturated heterocycles. The summed E-state index contributed by atoms with van der Waals surface area (Å²) in [5.74, 6) is 0.510. The molecule has 4 nitrogen and oxygen atoms in total. The van der Waals surface area contributed by atoms with E-state index < -0.39 is 10.0 Å². The fourth-order valence-corrected chi connectivity index (χ4v) is 3.33. The van der Waals surface area contributed by atoms with Gasteiger partial charge in [-0.1, -0.05) is 11.6 Å². The minimum absolute atomic E-state index is 0.213. The predicted molar refractivity (Wildman–Crippen MR) is 73.1 cm³/mol. The molecule has 0 spiro atoms. The van der Waals surface area contributed by atoms with Crippen LogP contribution in [0.15, 0.2) is 17.0 Å². The molecule has 1 saturated carbocycles. The van der Waals surface area contributed by atoms with Gasteiger partial charge < -0.3 is 5.73 Å². The summed E-state index contributed by atoms with van der Waals surface area (Å²) >= 11 is 5.94. The van der Waals surface area contributed by atoms with Crippen molar-refractivity contribution in [2.24, 2.45) is 5.92 Å². The Balaban J connectivity index is 2.34. The topological polar surface area (TPSA) is 63.4 Å². The molecule has 100 valence electrons. The highest BCUT2D eigenvalue weighted by molar-refractivity contribution is 7.89. The van der Waals surface area contributed by atoms with E-state index in [0.717, 1.165) is 12.8 Å². The highest BCUT2D eigenvalue weighted by Gasteiger charge is 2.29. The average Bonchev–Trinajstić information content (AvgIpc) is 3.08. The zero-order valence-electron chi connectivity index (χ0n) is 10.5. The first kappa shape index (κ1) is 13.6. The van der Waals surface area contributed by atoms with Crippen molar-refractivity contribution >= 4 is 27.3 Å². The van der Waals surface area contributed by atoms with Crippen LogP contribution in [0, 0.1) is 12.8 Å². The molecule has 1 aromatic rings. The molecule has 0 bridgehead atoms. The lowest BCUT2D eigenvalue weighted by Crippen LogP contribution is -2.29. The minimum atomic E-state index is -3.46. The van der Waals surface area contributed by atoms with E-state index in [4.69, 9.17) is 17.3 Å². The second-order valence-corrected chi connectivity index (χ2v) is 7.30. The van der Waals surface area contributed by atoms with Crippen molar-refractivity contribution in [2.75, 3.05) is 19.3 Å². The van der Waals surface area contributed by atoms with Gasteiger partial charge in [0.2, 0.25) is 10.0 Å². The number of halogens is 1. The molecule has 0 amide bonds. The number of nitrogens with zero attached hydrogens (tertiary/aromatic N) is 1. The Bertz CT molecular complexity index is 544. The van der Waals surface area contributed by atoms with Crippen molar-refractivity contribution in [3.63, 3.8) is 0 Å². The van der Waals surface area contributed by atoms with Crippen molar-refractivity contribution in [1.29, 1.82) is 0 Å². The molecular weight excluding hydrogens is 272 g/mol. The van der Waals surface area contributed by atoms with E-state index in [1.165, 1.54) is 10.4 Å². The van der Waals surface area contributed by atoms with E-state index in [1.807, 2.05) is 0 Å². The lowest BCUT2D eigenvalue weighted by Gasteiger charge is -2.18. The molecule has 0 aliphatic heterocycles. The van der Waals surface area contributed by atoms with Gasteiger partial charge in [0.25, 0.3) is 0 Å². The summed E-state index contributed by atoms with van der Waals surface area (Å²) in [7, 11) is -1.86. The molecule has 1 fully saturated rings. The van der Waals surface area contributed by atoms with Crippen LogP contribution in [-0.2, 0) is 10.0 Å². The number of sulfonamides is 1. The monoisotopic (exact) mass is 288 g/mol. The standard InChI is InChI=1S/C12H17ClN2O2S/c1-8-5-10(6-11(14)12(8)13)18(16,17)15(2)7-9-3-4-9/h5-6,9H,3-4,7,14H2,1-2H3. The van der Waals surface area contributed by atoms with Crippen LogP contribution in [0.3, 0.4) is 0 Å². The van der Waals surface area contributed by atoms with E-state index in [2.05, 4.69) is 0 Å². The first-order valence-corrected chi connectivity index (χ1v) is 7.66. The number of hydrogen-bond donors (Lipinski definition) is 1. The van der Waals surface area contributed by atoms with Gasteiger partial charge in [0.1, 0.15) is 0 Å². The highest BCUT2D eigenvalue weighted by Crippen LogP contribution is 2.32. The second-order valence-electron chi connectivity index (χ2n) is 4.87. The minimum Gasteiger partial charge on any atom is -0.397 e. The van der Waals surface area contributed by atoms with E-state index in [0.29, 0.717) is 28.7 Å². The third-order valence-corrected chi connectivity index (χ3v) is 5.49. The fourth-order valence-electron chi connectivity index (χ4n) is 1.85. The quantitative estimate of drug-likeness (QED) is 0.865. The van der Waals surface area contributed by atoms with Crippen molar-refractivity contribution < 1.29 is 8.42 Å². The molecule has 0 aromatic heterocycles. The van der Waals surface area contributed by atoms with Crippen molar-refractivity contribution in [1.82, 2.24) is 4.31 Å². The molecule has 0 heterocycles. The van der Waals surface area contributed by atoms with Gasteiger partial charge in [-0.2, -0.15) is 0 Å². The number of benzene rings is 1. The molecule has 2 N–H and O–H groups in total. The van der Waals surface area contributed by atoms with Crippen molar-refractivity contribution in [2.45, 2.75) is 24.7 Å². The summed E-state index contributed by atoms with van der Waals surface area (Å²) in [6.07, 6.45) is 2.23. The lowest BCUT2D eigenvalue weighted by molar-refractivity contribution is 0.453. The van der Waals surface area contributed by atoms with Crippen LogP contribution >= 0.6 is 11.6 Å². The average molecular weight is 289 g/mol. The number of aryl methyl sites for hydroxylation is 1. The van der Waals surface area contributed by atoms with Crippen LogP contribution in [0.2, 0.25) is 5.02 Å². The summed E-state index contributed by atoms with van der Waals surface area (Å²) in [5.41, 5.74) is 6.69. The Morgan fingerprint density at radius 1 is 1.44 bits per heavy atom. The smallest absolute Gasteiger partial charge is 0.242 e. The molecule has 0 atom stereocenters. The number of anilines is 1. The van der Waals surface area contributed by atoms with Crippen LogP contribution in [0.25, 0.3) is 0 Å². The number of rotatable bonds is 4. The lowest BCUT2D eigenvalue weighted by atomic mass is 10.2. The van der Waals surface area contributed by atoms with Gasteiger partial charge >= 0.3 is 0 Å². The third-order valence-electron chi connectivity index (χ3n) is 3.18. The van der Waals surface area contributed by atoms with Gasteiger partial charge in [-0.05, 0) is 43.4 Å². The maximum Gasteiger partial charge on any atom is 0.242 e. The van der Waals surface area contributed by atoms with Crippen LogP contribution in [0.5, 0.6) is 0 Å². The maximum absolute atomic E-state index is 12.3. The van der Waals surface area contributed by atoms with E-state index in [-0.39, 0.29) is 4.90 Å². The fraction of sp³-hybridized carbons (Fsp3) is 0.500.